The number of aromatic nitrogens is 2. The molecule has 0 aliphatic heterocycles. The summed E-state index contributed by atoms with van der Waals surface area (Å²) in [4.78, 5) is 22.9. The Labute approximate surface area is 131 Å². The standard InChI is InChI=1S/C17H22N4O/c1-5-12(2)18-17(22)15-11-16(20-13(3)19-15)21(4)14-9-7-6-8-10-14/h6-12H,5H2,1-4H3,(H,18,22). The fourth-order valence-electron chi connectivity index (χ4n) is 2.02. The number of rotatable bonds is 5. The average molecular weight is 298 g/mol. The van der Waals surface area contributed by atoms with Crippen molar-refractivity contribution in [2.45, 2.75) is 33.2 Å². The Balaban J connectivity index is 2.29. The summed E-state index contributed by atoms with van der Waals surface area (Å²) in [7, 11) is 1.92. The maximum atomic E-state index is 12.3. The van der Waals surface area contributed by atoms with Gasteiger partial charge in [0.1, 0.15) is 17.3 Å². The van der Waals surface area contributed by atoms with Gasteiger partial charge in [0.25, 0.3) is 5.91 Å². The first-order valence-corrected chi connectivity index (χ1v) is 7.46. The van der Waals surface area contributed by atoms with Crippen LogP contribution in [-0.2, 0) is 0 Å². The second-order valence-electron chi connectivity index (χ2n) is 5.34. The monoisotopic (exact) mass is 298 g/mol. The van der Waals surface area contributed by atoms with E-state index in [2.05, 4.69) is 15.3 Å². The molecule has 1 amide bonds. The number of aryl methyl sites for hydroxylation is 1. The molecule has 116 valence electrons. The van der Waals surface area contributed by atoms with E-state index in [1.165, 1.54) is 0 Å². The fourth-order valence-corrected chi connectivity index (χ4v) is 2.02. The van der Waals surface area contributed by atoms with Crippen molar-refractivity contribution >= 4 is 17.4 Å². The number of carbonyl (C=O) groups excluding carboxylic acids is 1. The van der Waals surface area contributed by atoms with Crippen LogP contribution in [0.5, 0.6) is 0 Å². The minimum absolute atomic E-state index is 0.123. The molecule has 2 rings (SSSR count). The quantitative estimate of drug-likeness (QED) is 0.921. The molecule has 1 heterocycles. The van der Waals surface area contributed by atoms with E-state index in [-0.39, 0.29) is 11.9 Å². The van der Waals surface area contributed by atoms with Gasteiger partial charge < -0.3 is 10.2 Å². The number of hydrogen-bond acceptors (Lipinski definition) is 4. The minimum Gasteiger partial charge on any atom is -0.348 e. The molecular weight excluding hydrogens is 276 g/mol. The van der Waals surface area contributed by atoms with Gasteiger partial charge in [0.05, 0.1) is 0 Å². The number of carbonyl (C=O) groups is 1. The van der Waals surface area contributed by atoms with Crippen LogP contribution in [0.1, 0.15) is 36.6 Å². The summed E-state index contributed by atoms with van der Waals surface area (Å²) in [6.45, 7) is 5.80. The third-order valence-electron chi connectivity index (χ3n) is 3.53. The number of nitrogens with one attached hydrogen (secondary N) is 1. The molecule has 1 atom stereocenters. The van der Waals surface area contributed by atoms with Gasteiger partial charge in [0.15, 0.2) is 0 Å². The van der Waals surface area contributed by atoms with E-state index < -0.39 is 0 Å². The van der Waals surface area contributed by atoms with Crippen LogP contribution in [-0.4, -0.2) is 29.0 Å². The Morgan fingerprint density at radius 3 is 2.59 bits per heavy atom. The van der Waals surface area contributed by atoms with Gasteiger partial charge in [0, 0.05) is 24.8 Å². The van der Waals surface area contributed by atoms with E-state index >= 15 is 0 Å². The van der Waals surface area contributed by atoms with E-state index in [9.17, 15) is 4.79 Å². The normalized spacial score (nSPS) is 11.8. The van der Waals surface area contributed by atoms with E-state index in [0.29, 0.717) is 17.3 Å². The minimum atomic E-state index is -0.164. The lowest BCUT2D eigenvalue weighted by atomic mass is 10.2. The molecule has 1 unspecified atom stereocenters. The zero-order valence-corrected chi connectivity index (χ0v) is 13.5. The van der Waals surface area contributed by atoms with Crippen LogP contribution in [0.2, 0.25) is 0 Å². The lowest BCUT2D eigenvalue weighted by Gasteiger charge is -2.19. The van der Waals surface area contributed by atoms with Crippen LogP contribution in [0.25, 0.3) is 0 Å². The number of hydrogen-bond donors (Lipinski definition) is 1. The van der Waals surface area contributed by atoms with E-state index in [1.54, 1.807) is 13.0 Å². The molecule has 0 bridgehead atoms. The Morgan fingerprint density at radius 1 is 1.27 bits per heavy atom. The number of anilines is 2. The summed E-state index contributed by atoms with van der Waals surface area (Å²) in [5.41, 5.74) is 1.40. The van der Waals surface area contributed by atoms with Crippen molar-refractivity contribution in [1.82, 2.24) is 15.3 Å². The highest BCUT2D eigenvalue weighted by Gasteiger charge is 2.14. The average Bonchev–Trinajstić information content (AvgIpc) is 2.54. The van der Waals surface area contributed by atoms with Crippen molar-refractivity contribution in [2.75, 3.05) is 11.9 Å². The lowest BCUT2D eigenvalue weighted by molar-refractivity contribution is 0.0934. The first kappa shape index (κ1) is 15.9. The molecule has 22 heavy (non-hydrogen) atoms. The molecule has 0 saturated carbocycles. The Hall–Kier alpha value is -2.43. The van der Waals surface area contributed by atoms with Gasteiger partial charge in [-0.25, -0.2) is 9.97 Å². The molecule has 1 N–H and O–H groups in total. The molecule has 2 aromatic rings. The Bertz CT molecular complexity index is 642. The first-order chi connectivity index (χ1) is 10.5. The molecular formula is C17H22N4O. The molecule has 0 fully saturated rings. The predicted octanol–water partition coefficient (Wildman–Crippen LogP) is 3.08. The zero-order chi connectivity index (χ0) is 16.1. The van der Waals surface area contributed by atoms with Crippen LogP contribution in [0.3, 0.4) is 0 Å². The summed E-state index contributed by atoms with van der Waals surface area (Å²) >= 11 is 0. The van der Waals surface area contributed by atoms with Crippen molar-refractivity contribution in [3.63, 3.8) is 0 Å². The highest BCUT2D eigenvalue weighted by Crippen LogP contribution is 2.21. The summed E-state index contributed by atoms with van der Waals surface area (Å²) in [6, 6.07) is 11.7. The number of amides is 1. The van der Waals surface area contributed by atoms with E-state index in [0.717, 1.165) is 12.1 Å². The number of para-hydroxylation sites is 1. The smallest absolute Gasteiger partial charge is 0.270 e. The number of nitrogens with zero attached hydrogens (tertiary/aromatic N) is 3. The van der Waals surface area contributed by atoms with Crippen molar-refractivity contribution in [1.29, 1.82) is 0 Å². The molecule has 0 saturated heterocycles. The summed E-state index contributed by atoms with van der Waals surface area (Å²) in [5, 5.41) is 2.93. The first-order valence-electron chi connectivity index (χ1n) is 7.46. The molecule has 1 aromatic carbocycles. The van der Waals surface area contributed by atoms with Crippen LogP contribution in [0, 0.1) is 6.92 Å². The maximum absolute atomic E-state index is 12.3. The van der Waals surface area contributed by atoms with Gasteiger partial charge in [-0.3, -0.25) is 4.79 Å². The summed E-state index contributed by atoms with van der Waals surface area (Å²) < 4.78 is 0. The number of benzene rings is 1. The van der Waals surface area contributed by atoms with Crippen LogP contribution < -0.4 is 10.2 Å². The lowest BCUT2D eigenvalue weighted by Crippen LogP contribution is -2.33. The van der Waals surface area contributed by atoms with Crippen molar-refractivity contribution < 1.29 is 4.79 Å². The molecule has 0 spiro atoms. The summed E-state index contributed by atoms with van der Waals surface area (Å²) in [6.07, 6.45) is 0.882. The van der Waals surface area contributed by atoms with Crippen LogP contribution in [0.15, 0.2) is 36.4 Å². The third kappa shape index (κ3) is 3.81. The van der Waals surface area contributed by atoms with Crippen molar-refractivity contribution in [3.05, 3.63) is 47.9 Å². The molecule has 0 aliphatic carbocycles. The molecule has 1 aromatic heterocycles. The van der Waals surface area contributed by atoms with Gasteiger partial charge in [-0.05, 0) is 32.4 Å². The SMILES string of the molecule is CCC(C)NC(=O)c1cc(N(C)c2ccccc2)nc(C)n1. The topological polar surface area (TPSA) is 58.1 Å². The molecule has 0 radical (unpaired) electrons. The highest BCUT2D eigenvalue weighted by molar-refractivity contribution is 5.93. The van der Waals surface area contributed by atoms with Crippen LogP contribution in [0.4, 0.5) is 11.5 Å². The zero-order valence-electron chi connectivity index (χ0n) is 13.5. The fraction of sp³-hybridized carbons (Fsp3) is 0.353. The second-order valence-corrected chi connectivity index (χ2v) is 5.34. The predicted molar refractivity (Wildman–Crippen MR) is 88.5 cm³/mol. The largest absolute Gasteiger partial charge is 0.348 e. The Kier molecular flexibility index (Phi) is 5.09. The molecule has 5 heteroatoms. The maximum Gasteiger partial charge on any atom is 0.270 e. The van der Waals surface area contributed by atoms with Crippen LogP contribution >= 0.6 is 0 Å². The van der Waals surface area contributed by atoms with Gasteiger partial charge in [-0.15, -0.1) is 0 Å². The van der Waals surface area contributed by atoms with Gasteiger partial charge in [0.2, 0.25) is 0 Å². The molecule has 0 aliphatic rings. The second kappa shape index (κ2) is 7.02. The van der Waals surface area contributed by atoms with Crippen molar-refractivity contribution in [3.8, 4) is 0 Å². The highest BCUT2D eigenvalue weighted by atomic mass is 16.1. The molecule has 5 nitrogen and oxygen atoms in total. The summed E-state index contributed by atoms with van der Waals surface area (Å²) in [5.74, 6) is 1.12. The van der Waals surface area contributed by atoms with E-state index in [4.69, 9.17) is 0 Å². The Morgan fingerprint density at radius 2 is 1.95 bits per heavy atom. The third-order valence-corrected chi connectivity index (χ3v) is 3.53. The van der Waals surface area contributed by atoms with Gasteiger partial charge in [-0.1, -0.05) is 25.1 Å². The van der Waals surface area contributed by atoms with Gasteiger partial charge in [-0.2, -0.15) is 0 Å². The van der Waals surface area contributed by atoms with Gasteiger partial charge >= 0.3 is 0 Å². The van der Waals surface area contributed by atoms with E-state index in [1.807, 2.05) is 56.1 Å². The van der Waals surface area contributed by atoms with Crippen molar-refractivity contribution in [2.24, 2.45) is 0 Å².